The van der Waals surface area contributed by atoms with Crippen LogP contribution in [-0.2, 0) is 16.1 Å². The molecule has 1 aliphatic rings. The fraction of sp³-hybridized carbons (Fsp3) is 0.263. The van der Waals surface area contributed by atoms with Gasteiger partial charge >= 0.3 is 0 Å². The number of anilines is 1. The number of ketones is 1. The van der Waals surface area contributed by atoms with Crippen molar-refractivity contribution in [2.75, 3.05) is 5.32 Å². The third-order valence-corrected chi connectivity index (χ3v) is 4.21. The Balaban J connectivity index is 1.48. The monoisotopic (exact) mass is 337 g/mol. The van der Waals surface area contributed by atoms with Crippen LogP contribution in [0.15, 0.2) is 48.8 Å². The standard InChI is InChI=1S/C19H19N3O3/c1-12(23)14-4-6-15(7-5-14)22-19(25)17-9-16(17)18(24)21-11-13-3-2-8-20-10-13/h2-8,10,16-17H,9,11H2,1H3,(H,21,24)(H,22,25). The average Bonchev–Trinajstić information content (AvgIpc) is 3.42. The Kier molecular flexibility index (Phi) is 4.88. The maximum Gasteiger partial charge on any atom is 0.228 e. The van der Waals surface area contributed by atoms with Crippen LogP contribution < -0.4 is 10.6 Å². The number of carbonyl (C=O) groups is 3. The SMILES string of the molecule is CC(=O)c1ccc(NC(=O)C2CC2C(=O)NCc2cccnc2)cc1. The molecular formula is C19H19N3O3. The molecule has 0 saturated heterocycles. The molecule has 1 aromatic carbocycles. The van der Waals surface area contributed by atoms with E-state index in [1.807, 2.05) is 12.1 Å². The highest BCUT2D eigenvalue weighted by Crippen LogP contribution is 2.39. The Bertz CT molecular complexity index is 787. The zero-order valence-electron chi connectivity index (χ0n) is 13.9. The normalized spacial score (nSPS) is 18.3. The zero-order chi connectivity index (χ0) is 17.8. The van der Waals surface area contributed by atoms with Gasteiger partial charge in [0.15, 0.2) is 5.78 Å². The number of carbonyl (C=O) groups excluding carboxylic acids is 3. The summed E-state index contributed by atoms with van der Waals surface area (Å²) < 4.78 is 0. The highest BCUT2D eigenvalue weighted by atomic mass is 16.2. The predicted octanol–water partition coefficient (Wildman–Crippen LogP) is 2.18. The third-order valence-electron chi connectivity index (χ3n) is 4.21. The summed E-state index contributed by atoms with van der Waals surface area (Å²) in [6.07, 6.45) is 3.92. The van der Waals surface area contributed by atoms with E-state index in [4.69, 9.17) is 0 Å². The summed E-state index contributed by atoms with van der Waals surface area (Å²) in [7, 11) is 0. The van der Waals surface area contributed by atoms with Crippen molar-refractivity contribution in [3.05, 3.63) is 59.9 Å². The van der Waals surface area contributed by atoms with Crippen LogP contribution in [0.4, 0.5) is 5.69 Å². The van der Waals surface area contributed by atoms with E-state index in [0.29, 0.717) is 24.2 Å². The van der Waals surface area contributed by atoms with Crippen molar-refractivity contribution in [3.8, 4) is 0 Å². The number of hydrogen-bond donors (Lipinski definition) is 2. The average molecular weight is 337 g/mol. The highest BCUT2D eigenvalue weighted by Gasteiger charge is 2.47. The van der Waals surface area contributed by atoms with Gasteiger partial charge < -0.3 is 10.6 Å². The largest absolute Gasteiger partial charge is 0.352 e. The molecule has 3 rings (SSSR count). The molecule has 1 heterocycles. The second-order valence-corrected chi connectivity index (χ2v) is 6.15. The van der Waals surface area contributed by atoms with Gasteiger partial charge in [0, 0.05) is 30.2 Å². The first-order valence-corrected chi connectivity index (χ1v) is 8.13. The molecule has 2 aromatic rings. The third kappa shape index (κ3) is 4.29. The minimum absolute atomic E-state index is 0.0228. The van der Waals surface area contributed by atoms with Crippen LogP contribution in [-0.4, -0.2) is 22.6 Å². The van der Waals surface area contributed by atoms with Crippen molar-refractivity contribution < 1.29 is 14.4 Å². The lowest BCUT2D eigenvalue weighted by Crippen LogP contribution is -2.27. The quantitative estimate of drug-likeness (QED) is 0.791. The number of nitrogens with zero attached hydrogens (tertiary/aromatic N) is 1. The molecule has 6 heteroatoms. The molecular weight excluding hydrogens is 318 g/mol. The van der Waals surface area contributed by atoms with Crippen molar-refractivity contribution in [2.45, 2.75) is 19.9 Å². The number of amides is 2. The van der Waals surface area contributed by atoms with E-state index in [9.17, 15) is 14.4 Å². The van der Waals surface area contributed by atoms with Gasteiger partial charge in [0.1, 0.15) is 0 Å². The first-order chi connectivity index (χ1) is 12.0. The topological polar surface area (TPSA) is 88.2 Å². The molecule has 128 valence electrons. The molecule has 1 fully saturated rings. The Labute approximate surface area is 145 Å². The van der Waals surface area contributed by atoms with Crippen LogP contribution in [0.5, 0.6) is 0 Å². The Morgan fingerprint density at radius 3 is 2.44 bits per heavy atom. The second-order valence-electron chi connectivity index (χ2n) is 6.15. The van der Waals surface area contributed by atoms with Gasteiger partial charge in [0.2, 0.25) is 11.8 Å². The first-order valence-electron chi connectivity index (χ1n) is 8.13. The van der Waals surface area contributed by atoms with Crippen molar-refractivity contribution >= 4 is 23.3 Å². The zero-order valence-corrected chi connectivity index (χ0v) is 13.9. The van der Waals surface area contributed by atoms with Gasteiger partial charge in [-0.15, -0.1) is 0 Å². The molecule has 0 aliphatic heterocycles. The number of Topliss-reactive ketones (excluding diaryl/α,β-unsaturated/α-hetero) is 1. The van der Waals surface area contributed by atoms with Crippen molar-refractivity contribution in [2.24, 2.45) is 11.8 Å². The van der Waals surface area contributed by atoms with Crippen LogP contribution in [0.1, 0.15) is 29.3 Å². The lowest BCUT2D eigenvalue weighted by Gasteiger charge is -2.06. The maximum atomic E-state index is 12.2. The summed E-state index contributed by atoms with van der Waals surface area (Å²) in [5.41, 5.74) is 2.14. The van der Waals surface area contributed by atoms with E-state index in [-0.39, 0.29) is 29.4 Å². The minimum atomic E-state index is -0.304. The molecule has 1 aromatic heterocycles. The number of benzene rings is 1. The van der Waals surface area contributed by atoms with Gasteiger partial charge in [-0.05, 0) is 49.2 Å². The molecule has 2 amide bonds. The summed E-state index contributed by atoms with van der Waals surface area (Å²) in [6, 6.07) is 10.4. The van der Waals surface area contributed by atoms with Gasteiger partial charge in [-0.25, -0.2) is 0 Å². The Morgan fingerprint density at radius 2 is 1.80 bits per heavy atom. The van der Waals surface area contributed by atoms with Crippen molar-refractivity contribution in [1.29, 1.82) is 0 Å². The van der Waals surface area contributed by atoms with Crippen molar-refractivity contribution in [1.82, 2.24) is 10.3 Å². The summed E-state index contributed by atoms with van der Waals surface area (Å²) >= 11 is 0. The van der Waals surface area contributed by atoms with Gasteiger partial charge in [0.25, 0.3) is 0 Å². The smallest absolute Gasteiger partial charge is 0.228 e. The van der Waals surface area contributed by atoms with E-state index in [1.54, 1.807) is 36.7 Å². The fourth-order valence-electron chi connectivity index (χ4n) is 2.62. The first kappa shape index (κ1) is 16.8. The van der Waals surface area contributed by atoms with E-state index in [2.05, 4.69) is 15.6 Å². The van der Waals surface area contributed by atoms with Gasteiger partial charge in [-0.1, -0.05) is 6.07 Å². The van der Waals surface area contributed by atoms with Crippen LogP contribution >= 0.6 is 0 Å². The number of hydrogen-bond acceptors (Lipinski definition) is 4. The summed E-state index contributed by atoms with van der Waals surface area (Å²) in [5, 5.41) is 5.62. The maximum absolute atomic E-state index is 12.2. The van der Waals surface area contributed by atoms with E-state index >= 15 is 0 Å². The number of aromatic nitrogens is 1. The molecule has 0 spiro atoms. The van der Waals surface area contributed by atoms with E-state index in [0.717, 1.165) is 5.56 Å². The molecule has 2 N–H and O–H groups in total. The summed E-state index contributed by atoms with van der Waals surface area (Å²) in [5.74, 6) is -0.895. The number of pyridine rings is 1. The minimum Gasteiger partial charge on any atom is -0.352 e. The van der Waals surface area contributed by atoms with E-state index in [1.165, 1.54) is 6.92 Å². The molecule has 0 radical (unpaired) electrons. The molecule has 1 saturated carbocycles. The second kappa shape index (κ2) is 7.25. The lowest BCUT2D eigenvalue weighted by atomic mass is 10.1. The summed E-state index contributed by atoms with van der Waals surface area (Å²) in [4.78, 5) is 39.6. The number of rotatable bonds is 6. The highest BCUT2D eigenvalue weighted by molar-refractivity contribution is 6.00. The van der Waals surface area contributed by atoms with Crippen LogP contribution in [0.2, 0.25) is 0 Å². The molecule has 25 heavy (non-hydrogen) atoms. The van der Waals surface area contributed by atoms with Crippen LogP contribution in [0.3, 0.4) is 0 Å². The molecule has 2 atom stereocenters. The molecule has 1 aliphatic carbocycles. The molecule has 6 nitrogen and oxygen atoms in total. The van der Waals surface area contributed by atoms with Gasteiger partial charge in [-0.3, -0.25) is 19.4 Å². The molecule has 0 bridgehead atoms. The predicted molar refractivity (Wildman–Crippen MR) is 92.8 cm³/mol. The lowest BCUT2D eigenvalue weighted by molar-refractivity contribution is -0.125. The van der Waals surface area contributed by atoms with Gasteiger partial charge in [0.05, 0.1) is 11.8 Å². The number of nitrogens with one attached hydrogen (secondary N) is 2. The van der Waals surface area contributed by atoms with E-state index < -0.39 is 0 Å². The van der Waals surface area contributed by atoms with Gasteiger partial charge in [-0.2, -0.15) is 0 Å². The van der Waals surface area contributed by atoms with Crippen molar-refractivity contribution in [3.63, 3.8) is 0 Å². The summed E-state index contributed by atoms with van der Waals surface area (Å²) in [6.45, 7) is 1.90. The van der Waals surface area contributed by atoms with Crippen LogP contribution in [0, 0.1) is 11.8 Å². The molecule has 2 unspecified atom stereocenters. The fourth-order valence-corrected chi connectivity index (χ4v) is 2.62. The Morgan fingerprint density at radius 1 is 1.08 bits per heavy atom. The van der Waals surface area contributed by atoms with Crippen LogP contribution in [0.25, 0.3) is 0 Å². The Hall–Kier alpha value is -3.02.